The van der Waals surface area contributed by atoms with Crippen LogP contribution in [-0.4, -0.2) is 25.7 Å². The smallest absolute Gasteiger partial charge is 0.188 e. The quantitative estimate of drug-likeness (QED) is 0.317. The highest BCUT2D eigenvalue weighted by Gasteiger charge is 1.95. The van der Waals surface area contributed by atoms with Gasteiger partial charge in [0.05, 0.1) is 6.54 Å². The number of hydrogen-bond acceptors (Lipinski definition) is 2. The number of nitrogens with one attached hydrogen (secondary N) is 1. The molecule has 0 radical (unpaired) electrons. The Bertz CT molecular complexity index is 374. The Labute approximate surface area is 134 Å². The highest BCUT2D eigenvalue weighted by Crippen LogP contribution is 2.17. The number of halogens is 2. The van der Waals surface area contributed by atoms with Gasteiger partial charge in [0.25, 0.3) is 0 Å². The highest BCUT2D eigenvalue weighted by atomic mass is 127. The Kier molecular flexibility index (Phi) is 10.1. The van der Waals surface area contributed by atoms with E-state index in [0.29, 0.717) is 19.1 Å². The molecule has 1 aromatic rings. The topological polar surface area (TPSA) is 59.6 Å². The summed E-state index contributed by atoms with van der Waals surface area (Å²) in [5, 5.41) is 2.99. The Morgan fingerprint density at radius 3 is 2.94 bits per heavy atom. The Morgan fingerprint density at radius 1 is 1.50 bits per heavy atom. The van der Waals surface area contributed by atoms with E-state index in [1.165, 1.54) is 0 Å². The molecule has 0 bridgehead atoms. The Hall–Kier alpha value is -0.500. The molecule has 18 heavy (non-hydrogen) atoms. The van der Waals surface area contributed by atoms with Crippen LogP contribution in [0.5, 0.6) is 5.75 Å². The maximum absolute atomic E-state index is 5.64. The van der Waals surface area contributed by atoms with Gasteiger partial charge in [0.2, 0.25) is 0 Å². The van der Waals surface area contributed by atoms with E-state index in [1.807, 2.05) is 24.3 Å². The van der Waals surface area contributed by atoms with Gasteiger partial charge >= 0.3 is 0 Å². The lowest BCUT2D eigenvalue weighted by Crippen LogP contribution is -2.34. The van der Waals surface area contributed by atoms with Crippen LogP contribution in [0.15, 0.2) is 33.7 Å². The molecule has 0 amide bonds. The van der Waals surface area contributed by atoms with Gasteiger partial charge in [-0.25, -0.2) is 0 Å². The molecule has 1 aromatic carbocycles. The predicted molar refractivity (Wildman–Crippen MR) is 89.8 cm³/mol. The summed E-state index contributed by atoms with van der Waals surface area (Å²) in [4.78, 5) is 4.12. The molecule has 102 valence electrons. The van der Waals surface area contributed by atoms with E-state index in [9.17, 15) is 0 Å². The Balaban J connectivity index is 0.00000289. The molecule has 0 unspecified atom stereocenters. The molecule has 0 saturated carbocycles. The summed E-state index contributed by atoms with van der Waals surface area (Å²) in [5.74, 6) is 1.31. The van der Waals surface area contributed by atoms with Crippen LogP contribution in [0.3, 0.4) is 0 Å². The number of guanidine groups is 1. The summed E-state index contributed by atoms with van der Waals surface area (Å²) in [6.45, 7) is 4.02. The van der Waals surface area contributed by atoms with Gasteiger partial charge < -0.3 is 15.8 Å². The van der Waals surface area contributed by atoms with E-state index in [2.05, 4.69) is 33.2 Å². The minimum atomic E-state index is 0. The van der Waals surface area contributed by atoms with E-state index < -0.39 is 0 Å². The maximum atomic E-state index is 5.64. The van der Waals surface area contributed by atoms with Crippen LogP contribution in [0.4, 0.5) is 0 Å². The maximum Gasteiger partial charge on any atom is 0.188 e. The number of rotatable bonds is 6. The zero-order chi connectivity index (χ0) is 12.5. The lowest BCUT2D eigenvalue weighted by Gasteiger charge is -2.08. The minimum Gasteiger partial charge on any atom is -0.492 e. The van der Waals surface area contributed by atoms with Gasteiger partial charge in [-0.05, 0) is 24.6 Å². The van der Waals surface area contributed by atoms with Crippen molar-refractivity contribution in [3.63, 3.8) is 0 Å². The average Bonchev–Trinajstić information content (AvgIpc) is 2.32. The van der Waals surface area contributed by atoms with E-state index >= 15 is 0 Å². The number of benzene rings is 1. The fourth-order valence-electron chi connectivity index (χ4n) is 1.19. The first-order valence-electron chi connectivity index (χ1n) is 5.64. The summed E-state index contributed by atoms with van der Waals surface area (Å²) in [6.07, 6.45) is 0.997. The Morgan fingerprint density at radius 2 is 2.28 bits per heavy atom. The van der Waals surface area contributed by atoms with Crippen LogP contribution >= 0.6 is 39.9 Å². The zero-order valence-electron chi connectivity index (χ0n) is 10.4. The summed E-state index contributed by atoms with van der Waals surface area (Å²) in [7, 11) is 0. The monoisotopic (exact) mass is 427 g/mol. The van der Waals surface area contributed by atoms with E-state index in [-0.39, 0.29) is 24.0 Å². The average molecular weight is 428 g/mol. The van der Waals surface area contributed by atoms with Crippen LogP contribution in [-0.2, 0) is 0 Å². The van der Waals surface area contributed by atoms with Crippen LogP contribution < -0.4 is 15.8 Å². The van der Waals surface area contributed by atoms with Crippen LogP contribution in [0, 0.1) is 0 Å². The molecule has 1 rings (SSSR count). The van der Waals surface area contributed by atoms with E-state index in [1.54, 1.807) is 0 Å². The normalized spacial score (nSPS) is 10.7. The molecule has 0 saturated heterocycles. The SMILES string of the molecule is CCCN=C(N)NCCOc1cccc(Br)c1.I. The number of nitrogens with zero attached hydrogens (tertiary/aromatic N) is 1. The second kappa shape index (κ2) is 10.4. The van der Waals surface area contributed by atoms with Gasteiger partial charge in [-0.15, -0.1) is 24.0 Å². The molecule has 0 aliphatic carbocycles. The van der Waals surface area contributed by atoms with Crippen molar-refractivity contribution in [2.45, 2.75) is 13.3 Å². The lowest BCUT2D eigenvalue weighted by atomic mass is 10.3. The van der Waals surface area contributed by atoms with Gasteiger partial charge in [-0.3, -0.25) is 4.99 Å². The summed E-state index contributed by atoms with van der Waals surface area (Å²) in [5.41, 5.74) is 5.64. The van der Waals surface area contributed by atoms with E-state index in [4.69, 9.17) is 10.5 Å². The van der Waals surface area contributed by atoms with Crippen molar-refractivity contribution >= 4 is 45.9 Å². The molecule has 0 aromatic heterocycles. The molecule has 0 atom stereocenters. The molecule has 0 heterocycles. The lowest BCUT2D eigenvalue weighted by molar-refractivity contribution is 0.322. The van der Waals surface area contributed by atoms with Crippen LogP contribution in [0.1, 0.15) is 13.3 Å². The van der Waals surface area contributed by atoms with Crippen molar-refractivity contribution in [2.75, 3.05) is 19.7 Å². The minimum absolute atomic E-state index is 0. The highest BCUT2D eigenvalue weighted by molar-refractivity contribution is 14.0. The molecular weight excluding hydrogens is 409 g/mol. The molecule has 0 aliphatic heterocycles. The first kappa shape index (κ1) is 17.5. The molecule has 0 spiro atoms. The number of nitrogens with two attached hydrogens (primary N) is 1. The first-order chi connectivity index (χ1) is 8.22. The van der Waals surface area contributed by atoms with Crippen molar-refractivity contribution in [2.24, 2.45) is 10.7 Å². The van der Waals surface area contributed by atoms with Crippen molar-refractivity contribution in [1.82, 2.24) is 5.32 Å². The van der Waals surface area contributed by atoms with Gasteiger partial charge in [-0.1, -0.05) is 28.9 Å². The molecular formula is C12H19BrIN3O. The second-order valence-corrected chi connectivity index (χ2v) is 4.42. The third-order valence-corrected chi connectivity index (χ3v) is 2.47. The predicted octanol–water partition coefficient (Wildman–Crippen LogP) is 2.76. The summed E-state index contributed by atoms with van der Waals surface area (Å²) >= 11 is 3.39. The first-order valence-corrected chi connectivity index (χ1v) is 6.44. The molecule has 6 heteroatoms. The molecule has 3 N–H and O–H groups in total. The van der Waals surface area contributed by atoms with Gasteiger partial charge in [0, 0.05) is 11.0 Å². The van der Waals surface area contributed by atoms with Crippen LogP contribution in [0.25, 0.3) is 0 Å². The third kappa shape index (κ3) is 7.75. The summed E-state index contributed by atoms with van der Waals surface area (Å²) in [6, 6.07) is 7.73. The van der Waals surface area contributed by atoms with Crippen LogP contribution in [0.2, 0.25) is 0 Å². The van der Waals surface area contributed by atoms with Crippen molar-refractivity contribution in [3.05, 3.63) is 28.7 Å². The van der Waals surface area contributed by atoms with Gasteiger partial charge in [-0.2, -0.15) is 0 Å². The molecule has 4 nitrogen and oxygen atoms in total. The third-order valence-electron chi connectivity index (χ3n) is 1.98. The fourth-order valence-corrected chi connectivity index (χ4v) is 1.57. The number of aliphatic imine (C=N–C) groups is 1. The largest absolute Gasteiger partial charge is 0.492 e. The standard InChI is InChI=1S/C12H18BrN3O.HI/c1-2-6-15-12(14)16-7-8-17-11-5-3-4-10(13)9-11;/h3-5,9H,2,6-8H2,1H3,(H3,14,15,16);1H. The fraction of sp³-hybridized carbons (Fsp3) is 0.417. The summed E-state index contributed by atoms with van der Waals surface area (Å²) < 4.78 is 6.55. The van der Waals surface area contributed by atoms with Crippen molar-refractivity contribution < 1.29 is 4.74 Å². The van der Waals surface area contributed by atoms with E-state index in [0.717, 1.165) is 23.2 Å². The van der Waals surface area contributed by atoms with Gasteiger partial charge in [0.1, 0.15) is 12.4 Å². The molecule has 0 aliphatic rings. The zero-order valence-corrected chi connectivity index (χ0v) is 14.3. The number of hydrogen-bond donors (Lipinski definition) is 2. The molecule has 0 fully saturated rings. The van der Waals surface area contributed by atoms with Gasteiger partial charge in [0.15, 0.2) is 5.96 Å². The van der Waals surface area contributed by atoms with Crippen molar-refractivity contribution in [3.8, 4) is 5.75 Å². The number of ether oxygens (including phenoxy) is 1. The second-order valence-electron chi connectivity index (χ2n) is 3.50. The van der Waals surface area contributed by atoms with Crippen molar-refractivity contribution in [1.29, 1.82) is 0 Å².